The minimum absolute atomic E-state index is 0.120. The van der Waals surface area contributed by atoms with Gasteiger partial charge in [-0.3, -0.25) is 4.57 Å². The molecule has 0 saturated heterocycles. The zero-order chi connectivity index (χ0) is 43.8. The number of hydrogen-bond donors (Lipinski definition) is 3. The van der Waals surface area contributed by atoms with Crippen LogP contribution < -0.4 is 49.2 Å². The van der Waals surface area contributed by atoms with Gasteiger partial charge in [-0.2, -0.15) is 0 Å². The van der Waals surface area contributed by atoms with Crippen LogP contribution in [-0.4, -0.2) is 95.5 Å². The van der Waals surface area contributed by atoms with Crippen LogP contribution in [0.2, 0.25) is 0 Å². The summed E-state index contributed by atoms with van der Waals surface area (Å²) in [5.74, 6) is 0.686. The molecule has 1 aliphatic carbocycles. The lowest BCUT2D eigenvalue weighted by Gasteiger charge is -2.30. The van der Waals surface area contributed by atoms with Crippen LogP contribution in [0, 0.1) is 0 Å². The Bertz CT molecular complexity index is 3400. The molecule has 0 spiro atoms. The number of phenolic OH excluding ortho intramolecular Hbond substituents is 3. The van der Waals surface area contributed by atoms with Gasteiger partial charge in [0.15, 0.2) is 11.5 Å². The fraction of sp³-hybridized carbons (Fsp3) is 0.0625. The van der Waals surface area contributed by atoms with Crippen LogP contribution in [0.15, 0.2) is 97.1 Å². The number of aromatic hydroxyl groups is 3. The molecule has 1 heterocycles. The predicted molar refractivity (Wildman–Crippen MR) is 289 cm³/mol. The van der Waals surface area contributed by atoms with E-state index in [1.165, 1.54) is 66.0 Å². The van der Waals surface area contributed by atoms with Crippen molar-refractivity contribution >= 4 is 152 Å². The average molecular weight is 793 g/mol. The number of benzene rings is 8. The lowest BCUT2D eigenvalue weighted by molar-refractivity contribution is 0.408. The summed E-state index contributed by atoms with van der Waals surface area (Å²) in [4.78, 5) is 5.11. The van der Waals surface area contributed by atoms with Crippen molar-refractivity contribution in [2.75, 3.05) is 0 Å². The first-order chi connectivity index (χ1) is 29.6. The molecule has 0 amide bonds. The molecule has 0 saturated carbocycles. The van der Waals surface area contributed by atoms with Crippen LogP contribution in [0.25, 0.3) is 83.0 Å². The fourth-order valence-electron chi connectivity index (χ4n) is 11.3. The number of aromatic nitrogens is 2. The Labute approximate surface area is 370 Å². The van der Waals surface area contributed by atoms with Gasteiger partial charge in [-0.1, -0.05) is 130 Å². The maximum absolute atomic E-state index is 11.5. The minimum Gasteiger partial charge on any atom is -0.509 e. The summed E-state index contributed by atoms with van der Waals surface area (Å²) < 4.78 is 2.11. The first kappa shape index (κ1) is 39.8. The van der Waals surface area contributed by atoms with Crippen molar-refractivity contribution in [3.05, 3.63) is 108 Å². The molecule has 0 fully saturated rings. The van der Waals surface area contributed by atoms with Crippen molar-refractivity contribution in [1.29, 1.82) is 0 Å². The second-order valence-electron chi connectivity index (χ2n) is 18.2. The van der Waals surface area contributed by atoms with E-state index >= 15 is 0 Å². The van der Waals surface area contributed by atoms with Gasteiger partial charge in [0.1, 0.15) is 82.2 Å². The Kier molecular flexibility index (Phi) is 8.92. The van der Waals surface area contributed by atoms with Gasteiger partial charge < -0.3 is 15.3 Å². The van der Waals surface area contributed by atoms with E-state index in [0.717, 1.165) is 60.5 Å². The number of rotatable bonds is 4. The molecule has 0 atom stereocenters. The highest BCUT2D eigenvalue weighted by Crippen LogP contribution is 2.48. The van der Waals surface area contributed by atoms with Gasteiger partial charge in [-0.25, -0.2) is 4.98 Å². The third-order valence-electron chi connectivity index (χ3n) is 14.8. The zero-order valence-electron chi connectivity index (χ0n) is 37.5. The summed E-state index contributed by atoms with van der Waals surface area (Å²) >= 11 is 0. The topological polar surface area (TPSA) is 78.5 Å². The highest BCUT2D eigenvalue weighted by Gasteiger charge is 2.42. The van der Waals surface area contributed by atoms with Crippen LogP contribution in [0.3, 0.4) is 0 Å². The lowest BCUT2D eigenvalue weighted by atomic mass is 9.63. The van der Waals surface area contributed by atoms with Gasteiger partial charge in [-0.15, -0.1) is 0 Å². The maximum Gasteiger partial charge on any atom is 0.167 e. The maximum atomic E-state index is 11.5. The second-order valence-corrected chi connectivity index (χ2v) is 18.2. The standard InChI is InChI=1S/C48H43B9N2O3/c1-48(2)33-29(30-34(48)40(54)42(56)45(61)39(30)53)36(50)37(51)31(35(33)49)28-23-14-5-3-12-21(23)27(22-13-4-6-15-24(22)28)19-10-9-11-20(18-19)59-26-17-8-7-16-25(26)58-47(59)32-38(52)41(55)43(57)46(62)44(32)60/h3-18,60-62H,49-57H2,1-2H3. The Hall–Kier alpha value is -6.27. The summed E-state index contributed by atoms with van der Waals surface area (Å²) in [7, 11) is 18.9. The number of phenols is 3. The molecule has 0 bridgehead atoms. The largest absolute Gasteiger partial charge is 0.509 e. The van der Waals surface area contributed by atoms with Gasteiger partial charge in [0.25, 0.3) is 0 Å². The van der Waals surface area contributed by atoms with Crippen molar-refractivity contribution in [3.8, 4) is 67.7 Å². The Morgan fingerprint density at radius 3 is 1.60 bits per heavy atom. The normalized spacial score (nSPS) is 12.9. The molecule has 62 heavy (non-hydrogen) atoms. The van der Waals surface area contributed by atoms with E-state index in [1.807, 2.05) is 49.6 Å². The van der Waals surface area contributed by atoms with Gasteiger partial charge in [-0.05, 0) is 95.8 Å². The van der Waals surface area contributed by atoms with Crippen LogP contribution in [0.1, 0.15) is 25.0 Å². The van der Waals surface area contributed by atoms with E-state index in [9.17, 15) is 15.3 Å². The monoisotopic (exact) mass is 794 g/mol. The van der Waals surface area contributed by atoms with Gasteiger partial charge in [0.2, 0.25) is 0 Å². The van der Waals surface area contributed by atoms with E-state index < -0.39 is 0 Å². The molecule has 9 aromatic rings. The molecule has 10 rings (SSSR count). The summed E-state index contributed by atoms with van der Waals surface area (Å²) in [6, 6.07) is 34.3. The van der Waals surface area contributed by atoms with Crippen LogP contribution in [-0.2, 0) is 5.41 Å². The third kappa shape index (κ3) is 5.25. The van der Waals surface area contributed by atoms with Gasteiger partial charge in [0, 0.05) is 11.1 Å². The highest BCUT2D eigenvalue weighted by molar-refractivity contribution is 6.61. The Morgan fingerprint density at radius 2 is 0.952 bits per heavy atom. The van der Waals surface area contributed by atoms with E-state index in [1.54, 1.807) is 0 Å². The molecule has 0 unspecified atom stereocenters. The van der Waals surface area contributed by atoms with Gasteiger partial charge >= 0.3 is 0 Å². The van der Waals surface area contributed by atoms with E-state index in [2.05, 4.69) is 137 Å². The zero-order valence-corrected chi connectivity index (χ0v) is 37.5. The second kappa shape index (κ2) is 13.9. The molecule has 1 aliphatic rings. The van der Waals surface area contributed by atoms with Crippen LogP contribution in [0.4, 0.5) is 0 Å². The number of nitrogens with zero attached hydrogens (tertiary/aromatic N) is 2. The number of imidazole rings is 1. The molecule has 0 radical (unpaired) electrons. The van der Waals surface area contributed by atoms with Crippen molar-refractivity contribution in [1.82, 2.24) is 9.55 Å². The predicted octanol–water partition coefficient (Wildman–Crippen LogP) is -3.92. The third-order valence-corrected chi connectivity index (χ3v) is 14.8. The van der Waals surface area contributed by atoms with Crippen molar-refractivity contribution in [2.24, 2.45) is 0 Å². The van der Waals surface area contributed by atoms with Crippen LogP contribution in [0.5, 0.6) is 17.2 Å². The summed E-state index contributed by atoms with van der Waals surface area (Å²) in [6.45, 7) is 4.72. The molecular formula is C48H43B9N2O3. The van der Waals surface area contributed by atoms with E-state index in [0.29, 0.717) is 22.6 Å². The Balaban J connectivity index is 1.25. The molecule has 14 heteroatoms. The summed E-state index contributed by atoms with van der Waals surface area (Å²) in [5, 5.41) is 38.7. The smallest absolute Gasteiger partial charge is 0.167 e. The fourth-order valence-corrected chi connectivity index (χ4v) is 11.3. The van der Waals surface area contributed by atoms with Crippen molar-refractivity contribution in [2.45, 2.75) is 19.3 Å². The summed E-state index contributed by atoms with van der Waals surface area (Å²) in [6.07, 6.45) is 0. The molecule has 290 valence electrons. The quantitative estimate of drug-likeness (QED) is 0.0969. The average Bonchev–Trinajstić information content (AvgIpc) is 3.77. The van der Waals surface area contributed by atoms with Crippen molar-refractivity contribution in [3.63, 3.8) is 0 Å². The van der Waals surface area contributed by atoms with E-state index in [4.69, 9.17) is 4.98 Å². The molecule has 3 N–H and O–H groups in total. The number of fused-ring (bicyclic) bond motifs is 6. The number of para-hydroxylation sites is 2. The number of hydrogen-bond acceptors (Lipinski definition) is 4. The van der Waals surface area contributed by atoms with Crippen molar-refractivity contribution < 1.29 is 15.3 Å². The molecular weight excluding hydrogens is 750 g/mol. The van der Waals surface area contributed by atoms with Gasteiger partial charge in [0.05, 0.1) is 16.6 Å². The molecule has 0 aliphatic heterocycles. The SMILES string of the molecule is Bc1c(B)c(O)c(O)c(-c2nc3ccccc3n2-c2cccc(-c3c4ccccc4c(-c4c(B)c(B)c5c(c4B)C(C)(C)c4c(B)c(B)c(O)c(B)c4-5)c4ccccc34)c2)c1B. The van der Waals surface area contributed by atoms with Crippen LogP contribution >= 0.6 is 0 Å². The highest BCUT2D eigenvalue weighted by atomic mass is 16.3. The first-order valence-electron chi connectivity index (χ1n) is 21.6. The lowest BCUT2D eigenvalue weighted by Crippen LogP contribution is -2.40. The molecule has 1 aromatic heterocycles. The first-order valence-corrected chi connectivity index (χ1v) is 21.6. The Morgan fingerprint density at radius 1 is 0.435 bits per heavy atom. The minimum atomic E-state index is -0.275. The molecule has 5 nitrogen and oxygen atoms in total. The van der Waals surface area contributed by atoms with E-state index in [-0.39, 0.29) is 16.9 Å². The molecule has 8 aromatic carbocycles. The summed E-state index contributed by atoms with van der Waals surface area (Å²) in [5.41, 5.74) is 22.0.